The molecule has 0 aliphatic heterocycles. The summed E-state index contributed by atoms with van der Waals surface area (Å²) in [5, 5.41) is 6.34. The Balaban J connectivity index is 0.00000420. The quantitative estimate of drug-likeness (QED) is 0.154. The minimum Gasteiger partial charge on any atom is -0.356 e. The number of rotatable bonds is 10. The van der Waals surface area contributed by atoms with Crippen LogP contribution in [0.25, 0.3) is 0 Å². The average Bonchev–Trinajstić information content (AvgIpc) is 2.71. The standard InChI is InChI=1S/C20H26FN3O2S2.HI/c1-22-20(23-13-5-15-27-18-11-9-17(21)10-12-18)24-14-6-16-28(25,26)19-7-3-2-4-8-19;/h2-4,7-12H,5-6,13-16H2,1H3,(H2,22,23,24);1H. The molecule has 0 aliphatic rings. The van der Waals surface area contributed by atoms with Crippen molar-refractivity contribution in [1.82, 2.24) is 10.6 Å². The molecule has 2 aromatic carbocycles. The molecule has 2 N–H and O–H groups in total. The van der Waals surface area contributed by atoms with Gasteiger partial charge in [-0.15, -0.1) is 35.7 Å². The predicted octanol–water partition coefficient (Wildman–Crippen LogP) is 3.95. The van der Waals surface area contributed by atoms with Crippen LogP contribution in [0.4, 0.5) is 4.39 Å². The van der Waals surface area contributed by atoms with Gasteiger partial charge >= 0.3 is 0 Å². The van der Waals surface area contributed by atoms with Crippen molar-refractivity contribution in [2.24, 2.45) is 4.99 Å². The lowest BCUT2D eigenvalue weighted by molar-refractivity contribution is 0.592. The van der Waals surface area contributed by atoms with E-state index >= 15 is 0 Å². The maximum atomic E-state index is 12.9. The van der Waals surface area contributed by atoms with E-state index in [1.807, 2.05) is 0 Å². The van der Waals surface area contributed by atoms with Crippen LogP contribution in [-0.2, 0) is 9.84 Å². The van der Waals surface area contributed by atoms with Gasteiger partial charge in [0.05, 0.1) is 10.6 Å². The summed E-state index contributed by atoms with van der Waals surface area (Å²) in [6.07, 6.45) is 1.42. The molecule has 160 valence electrons. The fourth-order valence-electron chi connectivity index (χ4n) is 2.44. The van der Waals surface area contributed by atoms with Gasteiger partial charge in [0.1, 0.15) is 5.82 Å². The van der Waals surface area contributed by atoms with E-state index in [0.717, 1.165) is 23.6 Å². The number of aliphatic imine (C=N–C) groups is 1. The number of nitrogens with zero attached hydrogens (tertiary/aromatic N) is 1. The first-order valence-corrected chi connectivity index (χ1v) is 11.8. The Morgan fingerprint density at radius 1 is 1.00 bits per heavy atom. The molecule has 0 aliphatic carbocycles. The van der Waals surface area contributed by atoms with Gasteiger partial charge in [0.15, 0.2) is 15.8 Å². The summed E-state index contributed by atoms with van der Waals surface area (Å²) in [5.41, 5.74) is 0. The fourth-order valence-corrected chi connectivity index (χ4v) is 4.62. The van der Waals surface area contributed by atoms with Crippen LogP contribution < -0.4 is 10.6 Å². The van der Waals surface area contributed by atoms with Gasteiger partial charge < -0.3 is 10.6 Å². The second-order valence-corrected chi connectivity index (χ2v) is 9.34. The molecule has 0 fully saturated rings. The van der Waals surface area contributed by atoms with E-state index in [0.29, 0.717) is 23.8 Å². The lowest BCUT2D eigenvalue weighted by Crippen LogP contribution is -2.38. The monoisotopic (exact) mass is 551 g/mol. The average molecular weight is 551 g/mol. The van der Waals surface area contributed by atoms with E-state index in [9.17, 15) is 12.8 Å². The normalized spacial score (nSPS) is 11.6. The second kappa shape index (κ2) is 13.8. The highest BCUT2D eigenvalue weighted by molar-refractivity contribution is 14.0. The SMILES string of the molecule is CN=C(NCCCSc1ccc(F)cc1)NCCCS(=O)(=O)c1ccccc1.I. The summed E-state index contributed by atoms with van der Waals surface area (Å²) in [6.45, 7) is 1.27. The highest BCUT2D eigenvalue weighted by Gasteiger charge is 2.13. The summed E-state index contributed by atoms with van der Waals surface area (Å²) in [4.78, 5) is 5.54. The van der Waals surface area contributed by atoms with Crippen LogP contribution in [0.5, 0.6) is 0 Å². The van der Waals surface area contributed by atoms with Gasteiger partial charge in [-0.25, -0.2) is 12.8 Å². The molecule has 0 amide bonds. The third kappa shape index (κ3) is 9.81. The van der Waals surface area contributed by atoms with Gasteiger partial charge in [0, 0.05) is 25.0 Å². The predicted molar refractivity (Wildman–Crippen MR) is 130 cm³/mol. The van der Waals surface area contributed by atoms with E-state index in [-0.39, 0.29) is 35.5 Å². The molecule has 0 radical (unpaired) electrons. The van der Waals surface area contributed by atoms with Crippen LogP contribution in [0, 0.1) is 5.82 Å². The summed E-state index contributed by atoms with van der Waals surface area (Å²) in [5.74, 6) is 1.43. The number of thioether (sulfide) groups is 1. The van der Waals surface area contributed by atoms with Crippen molar-refractivity contribution in [2.75, 3.05) is 31.6 Å². The first-order valence-electron chi connectivity index (χ1n) is 9.12. The molecule has 0 atom stereocenters. The molecule has 29 heavy (non-hydrogen) atoms. The van der Waals surface area contributed by atoms with Gasteiger partial charge in [-0.2, -0.15) is 0 Å². The molecule has 2 aromatic rings. The van der Waals surface area contributed by atoms with Crippen LogP contribution in [0.1, 0.15) is 12.8 Å². The zero-order chi connectivity index (χ0) is 20.2. The first kappa shape index (κ1) is 25.7. The Kier molecular flexibility index (Phi) is 12.2. The molecule has 0 heterocycles. The number of benzene rings is 2. The zero-order valence-corrected chi connectivity index (χ0v) is 20.3. The Bertz CT molecular complexity index is 848. The maximum Gasteiger partial charge on any atom is 0.190 e. The fraction of sp³-hybridized carbons (Fsp3) is 0.350. The van der Waals surface area contributed by atoms with Crippen molar-refractivity contribution in [3.8, 4) is 0 Å². The van der Waals surface area contributed by atoms with E-state index in [1.54, 1.807) is 61.3 Å². The number of hydrogen-bond donors (Lipinski definition) is 2. The second-order valence-electron chi connectivity index (χ2n) is 6.07. The van der Waals surface area contributed by atoms with E-state index < -0.39 is 9.84 Å². The van der Waals surface area contributed by atoms with Crippen molar-refractivity contribution >= 4 is 51.5 Å². The highest BCUT2D eigenvalue weighted by Crippen LogP contribution is 2.18. The van der Waals surface area contributed by atoms with Crippen LogP contribution >= 0.6 is 35.7 Å². The number of guanidine groups is 1. The summed E-state index contributed by atoms with van der Waals surface area (Å²) >= 11 is 1.68. The molecule has 9 heteroatoms. The lowest BCUT2D eigenvalue weighted by Gasteiger charge is -2.12. The number of sulfone groups is 1. The lowest BCUT2D eigenvalue weighted by atomic mass is 10.4. The van der Waals surface area contributed by atoms with E-state index in [4.69, 9.17) is 0 Å². The molecule has 0 saturated carbocycles. The first-order chi connectivity index (χ1) is 13.5. The maximum absolute atomic E-state index is 12.9. The van der Waals surface area contributed by atoms with Gasteiger partial charge in [-0.05, 0) is 55.0 Å². The third-order valence-electron chi connectivity index (χ3n) is 3.90. The molecule has 0 bridgehead atoms. The highest BCUT2D eigenvalue weighted by atomic mass is 127. The van der Waals surface area contributed by atoms with E-state index in [2.05, 4.69) is 15.6 Å². The minimum atomic E-state index is -3.24. The minimum absolute atomic E-state index is 0. The van der Waals surface area contributed by atoms with Crippen LogP contribution in [0.2, 0.25) is 0 Å². The molecule has 0 unspecified atom stereocenters. The largest absolute Gasteiger partial charge is 0.356 e. The summed E-state index contributed by atoms with van der Waals surface area (Å²) < 4.78 is 37.3. The third-order valence-corrected chi connectivity index (χ3v) is 6.82. The molecule has 5 nitrogen and oxygen atoms in total. The van der Waals surface area contributed by atoms with Gasteiger partial charge in [-0.1, -0.05) is 18.2 Å². The Morgan fingerprint density at radius 2 is 1.62 bits per heavy atom. The molecule has 0 spiro atoms. The van der Waals surface area contributed by atoms with Crippen LogP contribution in [0.15, 0.2) is 69.4 Å². The smallest absolute Gasteiger partial charge is 0.190 e. The van der Waals surface area contributed by atoms with E-state index in [1.165, 1.54) is 12.1 Å². The van der Waals surface area contributed by atoms with Gasteiger partial charge in [-0.3, -0.25) is 4.99 Å². The molecular weight excluding hydrogens is 524 g/mol. The zero-order valence-electron chi connectivity index (χ0n) is 16.3. The Labute approximate surface area is 193 Å². The molecule has 0 aromatic heterocycles. The topological polar surface area (TPSA) is 70.6 Å². The summed E-state index contributed by atoms with van der Waals surface area (Å²) in [7, 11) is -1.56. The molecular formula is C20H27FIN3O2S2. The van der Waals surface area contributed by atoms with Gasteiger partial charge in [0.2, 0.25) is 0 Å². The van der Waals surface area contributed by atoms with Crippen LogP contribution in [0.3, 0.4) is 0 Å². The number of halogens is 2. The summed E-state index contributed by atoms with van der Waals surface area (Å²) in [6, 6.07) is 15.0. The van der Waals surface area contributed by atoms with Gasteiger partial charge in [0.25, 0.3) is 0 Å². The molecule has 0 saturated heterocycles. The Hall–Kier alpha value is -1.33. The van der Waals surface area contributed by atoms with Crippen molar-refractivity contribution in [2.45, 2.75) is 22.6 Å². The van der Waals surface area contributed by atoms with Crippen molar-refractivity contribution in [3.05, 3.63) is 60.4 Å². The van der Waals surface area contributed by atoms with Crippen LogP contribution in [-0.4, -0.2) is 46.0 Å². The Morgan fingerprint density at radius 3 is 2.24 bits per heavy atom. The number of nitrogens with one attached hydrogen (secondary N) is 2. The van der Waals surface area contributed by atoms with Crippen molar-refractivity contribution < 1.29 is 12.8 Å². The van der Waals surface area contributed by atoms with Crippen molar-refractivity contribution in [3.63, 3.8) is 0 Å². The number of hydrogen-bond acceptors (Lipinski definition) is 4. The molecule has 2 rings (SSSR count). The van der Waals surface area contributed by atoms with Crippen molar-refractivity contribution in [1.29, 1.82) is 0 Å².